The zero-order valence-corrected chi connectivity index (χ0v) is 21.0. The molecule has 6 nitrogen and oxygen atoms in total. The molecule has 2 heterocycles. The number of carbonyl (C=O) groups is 2. The minimum absolute atomic E-state index is 0.0107. The number of nitrogens with zero attached hydrogens (tertiary/aromatic N) is 2. The summed E-state index contributed by atoms with van der Waals surface area (Å²) in [7, 11) is 1.59. The monoisotopic (exact) mass is 493 g/mol. The van der Waals surface area contributed by atoms with Gasteiger partial charge in [0.15, 0.2) is 5.11 Å². The van der Waals surface area contributed by atoms with Crippen LogP contribution < -0.4 is 15.0 Å². The van der Waals surface area contributed by atoms with Crippen LogP contribution in [0, 0.1) is 13.8 Å². The first kappa shape index (κ1) is 23.9. The van der Waals surface area contributed by atoms with Crippen molar-refractivity contribution in [3.8, 4) is 5.75 Å². The minimum Gasteiger partial charge on any atom is -0.497 e. The van der Waals surface area contributed by atoms with E-state index in [0.717, 1.165) is 17.7 Å². The average Bonchev–Trinajstić information content (AvgIpc) is 3.33. The van der Waals surface area contributed by atoms with Crippen LogP contribution in [-0.2, 0) is 16.0 Å². The summed E-state index contributed by atoms with van der Waals surface area (Å²) in [5.41, 5.74) is 3.69. The Labute approximate surface area is 209 Å². The third-order valence-electron chi connectivity index (χ3n) is 5.91. The summed E-state index contributed by atoms with van der Waals surface area (Å²) in [5, 5.41) is 5.39. The van der Waals surface area contributed by atoms with Gasteiger partial charge in [-0.05, 0) is 85.9 Å². The second-order valence-electron chi connectivity index (χ2n) is 8.26. The van der Waals surface area contributed by atoms with Crippen molar-refractivity contribution in [2.75, 3.05) is 23.9 Å². The van der Waals surface area contributed by atoms with E-state index < -0.39 is 6.04 Å². The Balaban J connectivity index is 1.54. The second-order valence-corrected chi connectivity index (χ2v) is 9.62. The van der Waals surface area contributed by atoms with Crippen LogP contribution in [0.1, 0.15) is 22.4 Å². The van der Waals surface area contributed by atoms with E-state index in [1.165, 1.54) is 10.4 Å². The molecule has 1 aliphatic heterocycles. The van der Waals surface area contributed by atoms with Gasteiger partial charge in [-0.1, -0.05) is 17.7 Å². The summed E-state index contributed by atoms with van der Waals surface area (Å²) in [4.78, 5) is 31.1. The molecule has 176 valence electrons. The predicted molar refractivity (Wildman–Crippen MR) is 141 cm³/mol. The van der Waals surface area contributed by atoms with Crippen LogP contribution in [0.15, 0.2) is 60.0 Å². The lowest BCUT2D eigenvalue weighted by atomic mass is 10.1. The van der Waals surface area contributed by atoms with Gasteiger partial charge in [0.25, 0.3) is 5.91 Å². The molecule has 3 aromatic rings. The summed E-state index contributed by atoms with van der Waals surface area (Å²) in [6.07, 6.45) is 0.770. The zero-order valence-electron chi connectivity index (χ0n) is 19.4. The molecule has 1 fully saturated rings. The summed E-state index contributed by atoms with van der Waals surface area (Å²) < 4.78 is 5.17. The number of ether oxygens (including phenoxy) is 1. The second kappa shape index (κ2) is 10.4. The molecule has 0 saturated carbocycles. The lowest BCUT2D eigenvalue weighted by molar-refractivity contribution is -0.124. The van der Waals surface area contributed by atoms with Crippen LogP contribution in [0.25, 0.3) is 0 Å². The summed E-state index contributed by atoms with van der Waals surface area (Å²) >= 11 is 7.45. The number of methoxy groups -OCH3 is 1. The summed E-state index contributed by atoms with van der Waals surface area (Å²) in [6, 6.07) is 16.2. The van der Waals surface area contributed by atoms with Crippen molar-refractivity contribution in [1.82, 2.24) is 4.90 Å². The lowest BCUT2D eigenvalue weighted by Gasteiger charge is -2.24. The number of aryl methyl sites for hydroxylation is 2. The number of thiophene rings is 1. The molecule has 2 aromatic carbocycles. The fraction of sp³-hybridized carbons (Fsp3) is 0.269. The standard InChI is InChI=1S/C26H27N3O3S2/c1-17-4-8-20(9-5-17)29-25(31)22(16-24(30)27-19-6-10-21(32-3)11-7-19)28(26(29)33)14-12-23-18(2)13-15-34-23/h4-11,13,15,22H,12,14,16H2,1-3H3,(H,27,30)/t22-/m1/s1. The molecule has 0 bridgehead atoms. The molecular formula is C26H27N3O3S2. The maximum absolute atomic E-state index is 13.5. The molecular weight excluding hydrogens is 466 g/mol. The zero-order chi connectivity index (χ0) is 24.2. The first-order chi connectivity index (χ1) is 16.4. The van der Waals surface area contributed by atoms with E-state index in [9.17, 15) is 9.59 Å². The van der Waals surface area contributed by atoms with Crippen molar-refractivity contribution in [1.29, 1.82) is 0 Å². The molecule has 0 radical (unpaired) electrons. The quantitative estimate of drug-likeness (QED) is 0.450. The number of benzene rings is 2. The van der Waals surface area contributed by atoms with Crippen molar-refractivity contribution in [3.63, 3.8) is 0 Å². The first-order valence-corrected chi connectivity index (χ1v) is 12.3. The fourth-order valence-electron chi connectivity index (χ4n) is 3.96. The number of carbonyl (C=O) groups excluding carboxylic acids is 2. The van der Waals surface area contributed by atoms with Gasteiger partial charge in [-0.2, -0.15) is 0 Å². The Kier molecular flexibility index (Phi) is 7.29. The first-order valence-electron chi connectivity index (χ1n) is 11.1. The van der Waals surface area contributed by atoms with Gasteiger partial charge in [0.2, 0.25) is 5.91 Å². The molecule has 0 spiro atoms. The average molecular weight is 494 g/mol. The van der Waals surface area contributed by atoms with Crippen molar-refractivity contribution in [2.24, 2.45) is 0 Å². The van der Waals surface area contributed by atoms with E-state index in [-0.39, 0.29) is 18.2 Å². The molecule has 4 rings (SSSR count). The summed E-state index contributed by atoms with van der Waals surface area (Å²) in [5.74, 6) is 0.286. The highest BCUT2D eigenvalue weighted by atomic mass is 32.1. The highest BCUT2D eigenvalue weighted by molar-refractivity contribution is 7.80. The minimum atomic E-state index is -0.660. The third kappa shape index (κ3) is 5.13. The maximum atomic E-state index is 13.5. The topological polar surface area (TPSA) is 61.9 Å². The van der Waals surface area contributed by atoms with Crippen LogP contribution >= 0.6 is 23.6 Å². The Morgan fingerprint density at radius 3 is 2.41 bits per heavy atom. The van der Waals surface area contributed by atoms with Gasteiger partial charge < -0.3 is 15.0 Å². The van der Waals surface area contributed by atoms with Crippen LogP contribution in [0.5, 0.6) is 5.75 Å². The summed E-state index contributed by atoms with van der Waals surface area (Å²) in [6.45, 7) is 4.64. The number of nitrogens with one attached hydrogen (secondary N) is 1. The molecule has 0 unspecified atom stereocenters. The van der Waals surface area contributed by atoms with E-state index in [2.05, 4.69) is 23.7 Å². The molecule has 2 amide bonds. The number of rotatable bonds is 8. The molecule has 1 aliphatic rings. The van der Waals surface area contributed by atoms with E-state index in [1.807, 2.05) is 36.1 Å². The third-order valence-corrected chi connectivity index (χ3v) is 7.41. The van der Waals surface area contributed by atoms with E-state index in [0.29, 0.717) is 23.1 Å². The largest absolute Gasteiger partial charge is 0.497 e. The number of amides is 2. The van der Waals surface area contributed by atoms with Crippen molar-refractivity contribution in [2.45, 2.75) is 32.7 Å². The van der Waals surface area contributed by atoms with E-state index in [4.69, 9.17) is 17.0 Å². The van der Waals surface area contributed by atoms with Gasteiger partial charge in [-0.25, -0.2) is 0 Å². The normalized spacial score (nSPS) is 15.7. The molecule has 8 heteroatoms. The maximum Gasteiger partial charge on any atom is 0.256 e. The number of hydrogen-bond acceptors (Lipinski definition) is 5. The van der Waals surface area contributed by atoms with Gasteiger partial charge >= 0.3 is 0 Å². The molecule has 1 saturated heterocycles. The number of hydrogen-bond donors (Lipinski definition) is 1. The Hall–Kier alpha value is -3.23. The Morgan fingerprint density at radius 2 is 1.79 bits per heavy atom. The fourth-order valence-corrected chi connectivity index (χ4v) is 5.28. The van der Waals surface area contributed by atoms with Crippen LogP contribution in [0.3, 0.4) is 0 Å². The lowest BCUT2D eigenvalue weighted by Crippen LogP contribution is -2.39. The number of thiocarbonyl (C=S) groups is 1. The van der Waals surface area contributed by atoms with Crippen molar-refractivity contribution in [3.05, 3.63) is 76.0 Å². The van der Waals surface area contributed by atoms with Crippen molar-refractivity contribution >= 4 is 51.9 Å². The molecule has 34 heavy (non-hydrogen) atoms. The highest BCUT2D eigenvalue weighted by Gasteiger charge is 2.43. The van der Waals surface area contributed by atoms with Gasteiger partial charge in [0, 0.05) is 17.1 Å². The highest BCUT2D eigenvalue weighted by Crippen LogP contribution is 2.29. The van der Waals surface area contributed by atoms with E-state index in [1.54, 1.807) is 47.6 Å². The molecule has 0 aliphatic carbocycles. The molecule has 1 aromatic heterocycles. The number of anilines is 2. The van der Waals surface area contributed by atoms with Crippen LogP contribution in [0.4, 0.5) is 11.4 Å². The van der Waals surface area contributed by atoms with Gasteiger partial charge in [-0.15, -0.1) is 11.3 Å². The van der Waals surface area contributed by atoms with Gasteiger partial charge in [-0.3, -0.25) is 14.5 Å². The predicted octanol–water partition coefficient (Wildman–Crippen LogP) is 4.95. The van der Waals surface area contributed by atoms with E-state index >= 15 is 0 Å². The molecule has 1 N–H and O–H groups in total. The van der Waals surface area contributed by atoms with Crippen molar-refractivity contribution < 1.29 is 14.3 Å². The van der Waals surface area contributed by atoms with Gasteiger partial charge in [0.05, 0.1) is 19.2 Å². The van der Waals surface area contributed by atoms with Crippen LogP contribution in [-0.4, -0.2) is 41.5 Å². The van der Waals surface area contributed by atoms with Crippen LogP contribution in [0.2, 0.25) is 0 Å². The SMILES string of the molecule is COc1ccc(NC(=O)C[C@@H]2C(=O)N(c3ccc(C)cc3)C(=S)N2CCc2sccc2C)cc1. The van der Waals surface area contributed by atoms with Gasteiger partial charge in [0.1, 0.15) is 11.8 Å². The smallest absolute Gasteiger partial charge is 0.256 e. The Morgan fingerprint density at radius 1 is 1.09 bits per heavy atom. The molecule has 1 atom stereocenters. The Bertz CT molecular complexity index is 1190.